The van der Waals surface area contributed by atoms with Crippen molar-refractivity contribution < 1.29 is 14.3 Å². The SMILES string of the molecule is Cc1cc(Cl)cc2nc([C@@H]3CC=CC[C@@H]3C(=O)O)oc12. The number of aryl methyl sites for hydroxylation is 1. The molecule has 0 amide bonds. The smallest absolute Gasteiger partial charge is 0.307 e. The monoisotopic (exact) mass is 291 g/mol. The molecule has 0 fully saturated rings. The number of oxazole rings is 1. The van der Waals surface area contributed by atoms with E-state index in [1.165, 1.54) is 0 Å². The quantitative estimate of drug-likeness (QED) is 0.852. The fraction of sp³-hybridized carbons (Fsp3) is 0.333. The third-order valence-corrected chi connectivity index (χ3v) is 3.94. The fourth-order valence-corrected chi connectivity index (χ4v) is 2.96. The molecule has 5 heteroatoms. The number of allylic oxidation sites excluding steroid dienone is 2. The Morgan fingerprint density at radius 3 is 2.90 bits per heavy atom. The lowest BCUT2D eigenvalue weighted by Gasteiger charge is -2.21. The zero-order valence-corrected chi connectivity index (χ0v) is 11.7. The summed E-state index contributed by atoms with van der Waals surface area (Å²) >= 11 is 6.01. The van der Waals surface area contributed by atoms with Gasteiger partial charge in [0.15, 0.2) is 11.5 Å². The summed E-state index contributed by atoms with van der Waals surface area (Å²) in [5.41, 5.74) is 2.27. The Morgan fingerprint density at radius 2 is 2.15 bits per heavy atom. The van der Waals surface area contributed by atoms with E-state index in [-0.39, 0.29) is 5.92 Å². The maximum absolute atomic E-state index is 11.3. The molecule has 0 aliphatic heterocycles. The van der Waals surface area contributed by atoms with E-state index in [0.717, 1.165) is 5.56 Å². The molecule has 0 radical (unpaired) electrons. The Bertz CT molecular complexity index is 704. The van der Waals surface area contributed by atoms with Gasteiger partial charge in [-0.2, -0.15) is 0 Å². The lowest BCUT2D eigenvalue weighted by molar-refractivity contribution is -0.142. The van der Waals surface area contributed by atoms with E-state index in [1.54, 1.807) is 6.07 Å². The van der Waals surface area contributed by atoms with Gasteiger partial charge in [-0.1, -0.05) is 23.8 Å². The highest BCUT2D eigenvalue weighted by atomic mass is 35.5. The highest BCUT2D eigenvalue weighted by Gasteiger charge is 2.33. The molecule has 1 aromatic heterocycles. The molecule has 104 valence electrons. The molecule has 3 rings (SSSR count). The molecule has 2 atom stereocenters. The van der Waals surface area contributed by atoms with E-state index in [1.807, 2.05) is 25.1 Å². The van der Waals surface area contributed by atoms with Gasteiger partial charge in [-0.3, -0.25) is 4.79 Å². The van der Waals surface area contributed by atoms with Crippen LogP contribution in [0.2, 0.25) is 5.02 Å². The van der Waals surface area contributed by atoms with Gasteiger partial charge in [-0.25, -0.2) is 4.98 Å². The number of fused-ring (bicyclic) bond motifs is 1. The van der Waals surface area contributed by atoms with Crippen molar-refractivity contribution in [2.75, 3.05) is 0 Å². The third kappa shape index (κ3) is 2.20. The van der Waals surface area contributed by atoms with Gasteiger partial charge in [0.05, 0.1) is 11.8 Å². The fourth-order valence-electron chi connectivity index (χ4n) is 2.69. The number of hydrogen-bond donors (Lipinski definition) is 1. The minimum absolute atomic E-state index is 0.219. The molecule has 0 bridgehead atoms. The van der Waals surface area contributed by atoms with Crippen LogP contribution in [0, 0.1) is 12.8 Å². The molecule has 1 aromatic carbocycles. The van der Waals surface area contributed by atoms with Gasteiger partial charge in [0, 0.05) is 5.02 Å². The first-order valence-corrected chi connectivity index (χ1v) is 6.88. The van der Waals surface area contributed by atoms with Crippen LogP contribution in [0.3, 0.4) is 0 Å². The van der Waals surface area contributed by atoms with E-state index in [9.17, 15) is 9.90 Å². The van der Waals surface area contributed by atoms with Gasteiger partial charge < -0.3 is 9.52 Å². The van der Waals surface area contributed by atoms with E-state index in [0.29, 0.717) is 34.9 Å². The molecule has 1 aliphatic carbocycles. The molecule has 1 heterocycles. The number of carboxylic acids is 1. The zero-order chi connectivity index (χ0) is 14.3. The topological polar surface area (TPSA) is 63.3 Å². The van der Waals surface area contributed by atoms with Crippen LogP contribution in [0.5, 0.6) is 0 Å². The van der Waals surface area contributed by atoms with E-state index in [2.05, 4.69) is 4.98 Å². The molecule has 0 saturated heterocycles. The summed E-state index contributed by atoms with van der Waals surface area (Å²) in [5.74, 6) is -1.02. The second kappa shape index (κ2) is 4.94. The molecule has 1 aliphatic rings. The van der Waals surface area contributed by atoms with Crippen LogP contribution >= 0.6 is 11.6 Å². The normalized spacial score (nSPS) is 22.3. The molecule has 2 aromatic rings. The van der Waals surface area contributed by atoms with Crippen molar-refractivity contribution in [3.63, 3.8) is 0 Å². The summed E-state index contributed by atoms with van der Waals surface area (Å²) in [4.78, 5) is 15.8. The van der Waals surface area contributed by atoms with Gasteiger partial charge in [-0.05, 0) is 37.5 Å². The van der Waals surface area contributed by atoms with Crippen molar-refractivity contribution in [3.05, 3.63) is 40.8 Å². The summed E-state index contributed by atoms with van der Waals surface area (Å²) in [6, 6.07) is 3.56. The summed E-state index contributed by atoms with van der Waals surface area (Å²) in [6.45, 7) is 1.90. The second-order valence-electron chi connectivity index (χ2n) is 5.12. The van der Waals surface area contributed by atoms with Crippen molar-refractivity contribution in [1.29, 1.82) is 0 Å². The minimum atomic E-state index is -0.809. The number of rotatable bonds is 2. The number of halogens is 1. The Balaban J connectivity index is 2.07. The summed E-state index contributed by atoms with van der Waals surface area (Å²) < 4.78 is 5.81. The number of carbonyl (C=O) groups is 1. The van der Waals surface area contributed by atoms with Crippen molar-refractivity contribution in [2.45, 2.75) is 25.7 Å². The average Bonchev–Trinajstić information content (AvgIpc) is 2.82. The van der Waals surface area contributed by atoms with Crippen molar-refractivity contribution in [3.8, 4) is 0 Å². The van der Waals surface area contributed by atoms with Crippen molar-refractivity contribution >= 4 is 28.7 Å². The first-order chi connectivity index (χ1) is 9.56. The summed E-state index contributed by atoms with van der Waals surface area (Å²) in [6.07, 6.45) is 5.04. The van der Waals surface area contributed by atoms with Crippen molar-refractivity contribution in [1.82, 2.24) is 4.98 Å². The average molecular weight is 292 g/mol. The molecule has 20 heavy (non-hydrogen) atoms. The highest BCUT2D eigenvalue weighted by molar-refractivity contribution is 6.31. The van der Waals surface area contributed by atoms with Crippen LogP contribution in [0.15, 0.2) is 28.7 Å². The Labute approximate surface area is 121 Å². The largest absolute Gasteiger partial charge is 0.481 e. The van der Waals surface area contributed by atoms with Crippen LogP contribution in [0.25, 0.3) is 11.1 Å². The lowest BCUT2D eigenvalue weighted by Crippen LogP contribution is -2.23. The standard InChI is InChI=1S/C15H14ClNO3/c1-8-6-9(16)7-12-13(8)20-14(17-12)10-4-2-3-5-11(10)15(18)19/h2-3,6-7,10-11H,4-5H2,1H3,(H,18,19)/t10-,11+/m1/s1. The lowest BCUT2D eigenvalue weighted by atomic mass is 9.83. The van der Waals surface area contributed by atoms with Crippen LogP contribution in [-0.2, 0) is 4.79 Å². The van der Waals surface area contributed by atoms with Crippen LogP contribution in [0.4, 0.5) is 0 Å². The number of carboxylic acid groups (broad SMARTS) is 1. The van der Waals surface area contributed by atoms with Gasteiger partial charge in [0.25, 0.3) is 0 Å². The minimum Gasteiger partial charge on any atom is -0.481 e. The zero-order valence-electron chi connectivity index (χ0n) is 11.0. The van der Waals surface area contributed by atoms with Crippen molar-refractivity contribution in [2.24, 2.45) is 5.92 Å². The van der Waals surface area contributed by atoms with Gasteiger partial charge >= 0.3 is 5.97 Å². The molecule has 0 spiro atoms. The Hall–Kier alpha value is -1.81. The molecule has 0 unspecified atom stereocenters. The highest BCUT2D eigenvalue weighted by Crippen LogP contribution is 2.36. The predicted octanol–water partition coefficient (Wildman–Crippen LogP) is 3.92. The molecule has 1 N–H and O–H groups in total. The maximum atomic E-state index is 11.3. The summed E-state index contributed by atoms with van der Waals surface area (Å²) in [5, 5.41) is 9.92. The van der Waals surface area contributed by atoms with Gasteiger partial charge in [-0.15, -0.1) is 0 Å². The second-order valence-corrected chi connectivity index (χ2v) is 5.55. The molecule has 4 nitrogen and oxygen atoms in total. The van der Waals surface area contributed by atoms with Crippen LogP contribution in [0.1, 0.15) is 30.2 Å². The van der Waals surface area contributed by atoms with E-state index < -0.39 is 11.9 Å². The number of aliphatic carboxylic acids is 1. The summed E-state index contributed by atoms with van der Waals surface area (Å²) in [7, 11) is 0. The van der Waals surface area contributed by atoms with E-state index >= 15 is 0 Å². The first kappa shape index (κ1) is 13.2. The van der Waals surface area contributed by atoms with E-state index in [4.69, 9.17) is 16.0 Å². The third-order valence-electron chi connectivity index (χ3n) is 3.72. The first-order valence-electron chi connectivity index (χ1n) is 6.50. The molecular formula is C15H14ClNO3. The maximum Gasteiger partial charge on any atom is 0.307 e. The Morgan fingerprint density at radius 1 is 1.40 bits per heavy atom. The number of hydrogen-bond acceptors (Lipinski definition) is 3. The number of nitrogens with zero attached hydrogens (tertiary/aromatic N) is 1. The Kier molecular flexibility index (Phi) is 3.26. The molecular weight excluding hydrogens is 278 g/mol. The van der Waals surface area contributed by atoms with Gasteiger partial charge in [0.2, 0.25) is 0 Å². The predicted molar refractivity (Wildman–Crippen MR) is 76.0 cm³/mol. The van der Waals surface area contributed by atoms with Crippen LogP contribution in [-0.4, -0.2) is 16.1 Å². The van der Waals surface area contributed by atoms with Gasteiger partial charge in [0.1, 0.15) is 5.52 Å². The number of benzene rings is 1. The number of aromatic nitrogens is 1. The molecule has 0 saturated carbocycles. The van der Waals surface area contributed by atoms with Crippen LogP contribution < -0.4 is 0 Å².